The van der Waals surface area contributed by atoms with Gasteiger partial charge in [-0.05, 0) is 31.0 Å². The predicted octanol–water partition coefficient (Wildman–Crippen LogP) is 0.958. The number of methoxy groups -OCH3 is 1. The molecule has 2 aromatic heterocycles. The van der Waals surface area contributed by atoms with Gasteiger partial charge in [-0.15, -0.1) is 6.42 Å². The number of hydrogen-bond donors (Lipinski definition) is 0. The fraction of sp³-hybridized carbons (Fsp3) is 0.250. The van der Waals surface area contributed by atoms with Crippen LogP contribution < -0.4 is 16.0 Å². The summed E-state index contributed by atoms with van der Waals surface area (Å²) in [7, 11) is 3.15. The zero-order chi connectivity index (χ0) is 19.6. The standard InChI is InChI=1S/C20H18N4O3/c1-5-12-24-19(25)17-18(22(3)20(24)26)21-16(23(17)6-2)11-10-14-8-7-9-15(13-14)27-4/h1,7-9,13H,6,12H2,2-4H3. The van der Waals surface area contributed by atoms with Gasteiger partial charge in [0.2, 0.25) is 0 Å². The Kier molecular flexibility index (Phi) is 4.87. The Morgan fingerprint density at radius 2 is 2.00 bits per heavy atom. The van der Waals surface area contributed by atoms with E-state index in [-0.39, 0.29) is 12.2 Å². The number of benzene rings is 1. The third-order valence-electron chi connectivity index (χ3n) is 4.19. The number of ether oxygens (including phenoxy) is 1. The molecule has 0 atom stereocenters. The molecule has 0 N–H and O–H groups in total. The van der Waals surface area contributed by atoms with Gasteiger partial charge >= 0.3 is 5.69 Å². The Morgan fingerprint density at radius 3 is 2.67 bits per heavy atom. The van der Waals surface area contributed by atoms with E-state index in [4.69, 9.17) is 11.2 Å². The van der Waals surface area contributed by atoms with Crippen molar-refractivity contribution in [3.63, 3.8) is 0 Å². The van der Waals surface area contributed by atoms with Crippen LogP contribution in [0.15, 0.2) is 33.9 Å². The molecule has 2 heterocycles. The van der Waals surface area contributed by atoms with Crippen LogP contribution in [0.5, 0.6) is 5.75 Å². The molecule has 0 fully saturated rings. The molecule has 0 amide bonds. The van der Waals surface area contributed by atoms with E-state index in [9.17, 15) is 9.59 Å². The van der Waals surface area contributed by atoms with Gasteiger partial charge in [0, 0.05) is 19.2 Å². The fourth-order valence-corrected chi connectivity index (χ4v) is 2.83. The van der Waals surface area contributed by atoms with Gasteiger partial charge in [0.25, 0.3) is 5.56 Å². The molecule has 0 saturated heterocycles. The van der Waals surface area contributed by atoms with Gasteiger partial charge in [-0.3, -0.25) is 9.36 Å². The van der Waals surface area contributed by atoms with Crippen LogP contribution in [0.2, 0.25) is 0 Å². The maximum atomic E-state index is 12.8. The van der Waals surface area contributed by atoms with Crippen LogP contribution in [0.4, 0.5) is 0 Å². The number of hydrogen-bond acceptors (Lipinski definition) is 4. The minimum atomic E-state index is -0.501. The Bertz CT molecular complexity index is 1240. The summed E-state index contributed by atoms with van der Waals surface area (Å²) in [5, 5.41) is 0. The number of aryl methyl sites for hydroxylation is 2. The molecule has 1 aromatic carbocycles. The SMILES string of the molecule is C#CCn1c(=O)c2c(nc(C#Cc3cccc(OC)c3)n2CC)n(C)c1=O. The van der Waals surface area contributed by atoms with Gasteiger partial charge in [-0.1, -0.05) is 17.9 Å². The normalized spacial score (nSPS) is 10.3. The number of aromatic nitrogens is 4. The van der Waals surface area contributed by atoms with Gasteiger partial charge in [0.05, 0.1) is 13.7 Å². The average molecular weight is 362 g/mol. The first-order valence-corrected chi connectivity index (χ1v) is 8.31. The van der Waals surface area contributed by atoms with Crippen LogP contribution in [-0.4, -0.2) is 25.8 Å². The van der Waals surface area contributed by atoms with Crippen molar-refractivity contribution in [1.29, 1.82) is 0 Å². The molecule has 0 aliphatic heterocycles. The highest BCUT2D eigenvalue weighted by atomic mass is 16.5. The predicted molar refractivity (Wildman–Crippen MR) is 103 cm³/mol. The summed E-state index contributed by atoms with van der Waals surface area (Å²) < 4.78 is 9.23. The third kappa shape index (κ3) is 3.11. The Hall–Kier alpha value is -3.71. The summed E-state index contributed by atoms with van der Waals surface area (Å²) in [6.07, 6.45) is 5.29. The van der Waals surface area contributed by atoms with Gasteiger partial charge in [-0.25, -0.2) is 14.3 Å². The Labute approximate surface area is 155 Å². The number of rotatable bonds is 3. The van der Waals surface area contributed by atoms with E-state index in [1.165, 1.54) is 4.57 Å². The van der Waals surface area contributed by atoms with Crippen LogP contribution >= 0.6 is 0 Å². The molecule has 0 saturated carbocycles. The molecule has 0 aliphatic carbocycles. The number of nitrogens with zero attached hydrogens (tertiary/aromatic N) is 4. The van der Waals surface area contributed by atoms with Crippen molar-refractivity contribution in [2.45, 2.75) is 20.0 Å². The Balaban J connectivity index is 2.24. The van der Waals surface area contributed by atoms with Gasteiger partial charge in [0.15, 0.2) is 17.0 Å². The van der Waals surface area contributed by atoms with Crippen molar-refractivity contribution in [3.05, 3.63) is 56.5 Å². The number of fused-ring (bicyclic) bond motifs is 1. The quantitative estimate of drug-likeness (QED) is 0.651. The summed E-state index contributed by atoms with van der Waals surface area (Å²) in [5.41, 5.74) is 0.385. The minimum Gasteiger partial charge on any atom is -0.497 e. The molecule has 27 heavy (non-hydrogen) atoms. The Morgan fingerprint density at radius 1 is 1.22 bits per heavy atom. The van der Waals surface area contributed by atoms with Gasteiger partial charge in [0.1, 0.15) is 5.75 Å². The monoisotopic (exact) mass is 362 g/mol. The van der Waals surface area contributed by atoms with E-state index < -0.39 is 11.2 Å². The molecule has 0 radical (unpaired) electrons. The molecule has 136 valence electrons. The van der Waals surface area contributed by atoms with Crippen molar-refractivity contribution in [1.82, 2.24) is 18.7 Å². The lowest BCUT2D eigenvalue weighted by Crippen LogP contribution is -2.39. The topological polar surface area (TPSA) is 71.1 Å². The smallest absolute Gasteiger partial charge is 0.333 e. The maximum absolute atomic E-state index is 12.8. The van der Waals surface area contributed by atoms with Crippen molar-refractivity contribution in [3.8, 4) is 29.9 Å². The first-order chi connectivity index (χ1) is 13.0. The van der Waals surface area contributed by atoms with Gasteiger partial charge in [-0.2, -0.15) is 0 Å². The zero-order valence-electron chi connectivity index (χ0n) is 15.3. The van der Waals surface area contributed by atoms with E-state index in [2.05, 4.69) is 22.7 Å². The van der Waals surface area contributed by atoms with Crippen LogP contribution in [0.25, 0.3) is 11.2 Å². The third-order valence-corrected chi connectivity index (χ3v) is 4.19. The van der Waals surface area contributed by atoms with Crippen molar-refractivity contribution in [2.75, 3.05) is 7.11 Å². The summed E-state index contributed by atoms with van der Waals surface area (Å²) >= 11 is 0. The highest BCUT2D eigenvalue weighted by molar-refractivity contribution is 5.72. The minimum absolute atomic E-state index is 0.0961. The van der Waals surface area contributed by atoms with Crippen LogP contribution in [0.1, 0.15) is 18.3 Å². The second-order valence-electron chi connectivity index (χ2n) is 5.77. The van der Waals surface area contributed by atoms with E-state index in [0.29, 0.717) is 23.6 Å². The maximum Gasteiger partial charge on any atom is 0.333 e. The molecule has 3 aromatic rings. The second kappa shape index (κ2) is 7.27. The van der Waals surface area contributed by atoms with Crippen molar-refractivity contribution in [2.24, 2.45) is 7.05 Å². The van der Waals surface area contributed by atoms with Crippen LogP contribution in [0, 0.1) is 24.2 Å². The summed E-state index contributed by atoms with van der Waals surface area (Å²) in [6, 6.07) is 7.33. The van der Waals surface area contributed by atoms with E-state index >= 15 is 0 Å². The second-order valence-corrected chi connectivity index (χ2v) is 5.77. The molecule has 0 unspecified atom stereocenters. The first kappa shape index (κ1) is 18.1. The molecule has 0 bridgehead atoms. The number of terminal acetylenes is 1. The highest BCUT2D eigenvalue weighted by Crippen LogP contribution is 2.13. The molecule has 0 spiro atoms. The summed E-state index contributed by atoms with van der Waals surface area (Å²) in [4.78, 5) is 29.6. The highest BCUT2D eigenvalue weighted by Gasteiger charge is 2.18. The van der Waals surface area contributed by atoms with E-state index in [0.717, 1.165) is 10.1 Å². The number of imidazole rings is 1. The van der Waals surface area contributed by atoms with Crippen LogP contribution in [-0.2, 0) is 20.1 Å². The lowest BCUT2D eigenvalue weighted by atomic mass is 10.2. The molecule has 7 nitrogen and oxygen atoms in total. The van der Waals surface area contributed by atoms with Gasteiger partial charge < -0.3 is 9.30 Å². The first-order valence-electron chi connectivity index (χ1n) is 8.31. The summed E-state index contributed by atoms with van der Waals surface area (Å²) in [5.74, 6) is 9.45. The van der Waals surface area contributed by atoms with Crippen LogP contribution in [0.3, 0.4) is 0 Å². The van der Waals surface area contributed by atoms with E-state index in [1.54, 1.807) is 18.7 Å². The molecule has 0 aliphatic rings. The lowest BCUT2D eigenvalue weighted by molar-refractivity contribution is 0.414. The average Bonchev–Trinajstić information content (AvgIpc) is 3.07. The molecular formula is C20H18N4O3. The lowest BCUT2D eigenvalue weighted by Gasteiger charge is -2.06. The summed E-state index contributed by atoms with van der Waals surface area (Å²) in [6.45, 7) is 2.26. The van der Waals surface area contributed by atoms with E-state index in [1.807, 2.05) is 31.2 Å². The van der Waals surface area contributed by atoms with Crippen molar-refractivity contribution < 1.29 is 4.74 Å². The largest absolute Gasteiger partial charge is 0.497 e. The molecule has 3 rings (SSSR count). The molecule has 7 heteroatoms. The molecular weight excluding hydrogens is 344 g/mol. The van der Waals surface area contributed by atoms with Crippen molar-refractivity contribution >= 4 is 11.2 Å². The fourth-order valence-electron chi connectivity index (χ4n) is 2.83. The zero-order valence-corrected chi connectivity index (χ0v) is 15.3.